The molecule has 5 heteroatoms. The summed E-state index contributed by atoms with van der Waals surface area (Å²) in [4.78, 5) is 2.26. The Morgan fingerprint density at radius 1 is 1.32 bits per heavy atom. The van der Waals surface area contributed by atoms with Crippen LogP contribution < -0.4 is 5.73 Å². The summed E-state index contributed by atoms with van der Waals surface area (Å²) in [7, 11) is 0. The molecule has 3 rings (SSSR count). The van der Waals surface area contributed by atoms with Crippen molar-refractivity contribution in [2.24, 2.45) is 5.73 Å². The molecule has 0 spiro atoms. The van der Waals surface area contributed by atoms with Crippen molar-refractivity contribution in [1.82, 2.24) is 4.90 Å². The zero-order valence-corrected chi connectivity index (χ0v) is 11.8. The van der Waals surface area contributed by atoms with Crippen LogP contribution in [0.1, 0.15) is 22.9 Å². The van der Waals surface area contributed by atoms with Crippen molar-refractivity contribution in [2.75, 3.05) is 6.54 Å². The molecule has 2 heterocycles. The van der Waals surface area contributed by atoms with Gasteiger partial charge in [0.15, 0.2) is 0 Å². The lowest BCUT2D eigenvalue weighted by molar-refractivity contribution is 0.194. The van der Waals surface area contributed by atoms with E-state index in [2.05, 4.69) is 4.90 Å². The minimum absolute atomic E-state index is 0.162. The second kappa shape index (κ2) is 5.17. The molecule has 0 aliphatic carbocycles. The van der Waals surface area contributed by atoms with Gasteiger partial charge in [-0.2, -0.15) is 0 Å². The molecule has 100 valence electrons. The average Bonchev–Trinajstić information content (AvgIpc) is 3.02. The fourth-order valence-electron chi connectivity index (χ4n) is 2.64. The number of rotatable bonds is 3. The van der Waals surface area contributed by atoms with Gasteiger partial charge in [-0.1, -0.05) is 29.3 Å². The quantitative estimate of drug-likeness (QED) is 0.941. The van der Waals surface area contributed by atoms with Crippen LogP contribution in [0, 0.1) is 0 Å². The first kappa shape index (κ1) is 13.0. The zero-order chi connectivity index (χ0) is 13.4. The maximum absolute atomic E-state index is 6.29. The van der Waals surface area contributed by atoms with E-state index in [0.29, 0.717) is 16.6 Å². The normalized spacial score (nSPS) is 18.8. The number of fused-ring (bicyclic) bond motifs is 1. The predicted molar refractivity (Wildman–Crippen MR) is 76.2 cm³/mol. The molecule has 1 aromatic heterocycles. The zero-order valence-electron chi connectivity index (χ0n) is 10.3. The van der Waals surface area contributed by atoms with Gasteiger partial charge < -0.3 is 10.2 Å². The van der Waals surface area contributed by atoms with Crippen molar-refractivity contribution >= 4 is 23.2 Å². The number of nitrogens with zero attached hydrogens (tertiary/aromatic N) is 1. The Labute approximate surface area is 121 Å². The summed E-state index contributed by atoms with van der Waals surface area (Å²) < 4.78 is 5.40. The Hall–Kier alpha value is -1.00. The first-order chi connectivity index (χ1) is 9.20. The lowest BCUT2D eigenvalue weighted by Crippen LogP contribution is -2.27. The van der Waals surface area contributed by atoms with Crippen LogP contribution in [0.5, 0.6) is 0 Å². The van der Waals surface area contributed by atoms with Gasteiger partial charge in [-0.3, -0.25) is 4.90 Å². The minimum Gasteiger partial charge on any atom is -0.468 e. The van der Waals surface area contributed by atoms with Crippen molar-refractivity contribution in [3.63, 3.8) is 0 Å². The summed E-state index contributed by atoms with van der Waals surface area (Å²) in [6, 6.07) is 7.87. The van der Waals surface area contributed by atoms with E-state index in [1.165, 1.54) is 5.56 Å². The molecular formula is C14H14Cl2N2O. The summed E-state index contributed by atoms with van der Waals surface area (Å²) in [5.41, 5.74) is 8.16. The maximum Gasteiger partial charge on any atom is 0.117 e. The van der Waals surface area contributed by atoms with Gasteiger partial charge in [0.1, 0.15) is 5.76 Å². The van der Waals surface area contributed by atoms with E-state index < -0.39 is 0 Å². The van der Waals surface area contributed by atoms with Crippen LogP contribution in [0.15, 0.2) is 34.9 Å². The number of nitrogens with two attached hydrogens (primary N) is 1. The maximum atomic E-state index is 6.29. The molecule has 0 bridgehead atoms. The highest BCUT2D eigenvalue weighted by Crippen LogP contribution is 2.40. The van der Waals surface area contributed by atoms with Crippen LogP contribution in [0.2, 0.25) is 10.0 Å². The lowest BCUT2D eigenvalue weighted by atomic mass is 10.1. The predicted octanol–water partition coefficient (Wildman–Crippen LogP) is 3.60. The van der Waals surface area contributed by atoms with Gasteiger partial charge in [-0.05, 0) is 29.3 Å². The monoisotopic (exact) mass is 296 g/mol. The molecule has 19 heavy (non-hydrogen) atoms. The smallest absolute Gasteiger partial charge is 0.117 e. The van der Waals surface area contributed by atoms with Crippen LogP contribution in [0.25, 0.3) is 0 Å². The average molecular weight is 297 g/mol. The van der Waals surface area contributed by atoms with Gasteiger partial charge in [-0.25, -0.2) is 0 Å². The molecule has 0 amide bonds. The third-order valence-corrected chi connectivity index (χ3v) is 4.40. The summed E-state index contributed by atoms with van der Waals surface area (Å²) >= 11 is 12.4. The van der Waals surface area contributed by atoms with Crippen LogP contribution in [-0.4, -0.2) is 11.4 Å². The SMILES string of the molecule is NCC1c2ccc(Cl)c(Cl)c2CN1Cc1ccco1. The molecule has 1 unspecified atom stereocenters. The van der Waals surface area contributed by atoms with E-state index in [0.717, 1.165) is 24.4 Å². The Kier molecular flexibility index (Phi) is 3.54. The van der Waals surface area contributed by atoms with Crippen molar-refractivity contribution in [3.05, 3.63) is 57.5 Å². The van der Waals surface area contributed by atoms with Gasteiger partial charge in [0.05, 0.1) is 22.9 Å². The van der Waals surface area contributed by atoms with Crippen molar-refractivity contribution < 1.29 is 4.42 Å². The topological polar surface area (TPSA) is 42.4 Å². The third kappa shape index (κ3) is 2.28. The summed E-state index contributed by atoms with van der Waals surface area (Å²) in [5.74, 6) is 0.925. The molecule has 1 atom stereocenters. The molecule has 1 aliphatic heterocycles. The molecule has 2 aromatic rings. The molecule has 3 nitrogen and oxygen atoms in total. The number of benzene rings is 1. The van der Waals surface area contributed by atoms with Crippen LogP contribution in [0.4, 0.5) is 0 Å². The fourth-order valence-corrected chi connectivity index (χ4v) is 3.04. The Morgan fingerprint density at radius 3 is 2.84 bits per heavy atom. The van der Waals surface area contributed by atoms with E-state index in [9.17, 15) is 0 Å². The van der Waals surface area contributed by atoms with Crippen LogP contribution in [0.3, 0.4) is 0 Å². The molecule has 1 aliphatic rings. The Bertz CT molecular complexity index is 583. The highest BCUT2D eigenvalue weighted by molar-refractivity contribution is 6.42. The molecule has 1 aromatic carbocycles. The van der Waals surface area contributed by atoms with Crippen molar-refractivity contribution in [2.45, 2.75) is 19.1 Å². The summed E-state index contributed by atoms with van der Waals surface area (Å²) in [6.07, 6.45) is 1.68. The Morgan fingerprint density at radius 2 is 2.16 bits per heavy atom. The Balaban J connectivity index is 1.92. The number of furan rings is 1. The first-order valence-electron chi connectivity index (χ1n) is 6.14. The number of halogens is 2. The second-order valence-corrected chi connectivity index (χ2v) is 5.45. The fraction of sp³-hybridized carbons (Fsp3) is 0.286. The molecule has 2 N–H and O–H groups in total. The third-order valence-electron chi connectivity index (χ3n) is 3.56. The van der Waals surface area contributed by atoms with E-state index >= 15 is 0 Å². The largest absolute Gasteiger partial charge is 0.468 e. The summed E-state index contributed by atoms with van der Waals surface area (Å²) in [5, 5.41) is 1.23. The van der Waals surface area contributed by atoms with E-state index in [1.807, 2.05) is 24.3 Å². The van der Waals surface area contributed by atoms with E-state index in [1.54, 1.807) is 6.26 Å². The van der Waals surface area contributed by atoms with Gasteiger partial charge in [0.2, 0.25) is 0 Å². The number of hydrogen-bond donors (Lipinski definition) is 1. The lowest BCUT2D eigenvalue weighted by Gasteiger charge is -2.22. The molecule has 0 radical (unpaired) electrons. The van der Waals surface area contributed by atoms with E-state index in [-0.39, 0.29) is 6.04 Å². The van der Waals surface area contributed by atoms with E-state index in [4.69, 9.17) is 33.4 Å². The highest BCUT2D eigenvalue weighted by Gasteiger charge is 2.31. The standard InChI is InChI=1S/C14H14Cl2N2O/c15-12-4-3-10-11(14(12)16)8-18(13(10)6-17)7-9-2-1-5-19-9/h1-5,13H,6-8,17H2. The van der Waals surface area contributed by atoms with Gasteiger partial charge in [0, 0.05) is 19.1 Å². The molecule has 0 saturated carbocycles. The highest BCUT2D eigenvalue weighted by atomic mass is 35.5. The number of hydrogen-bond acceptors (Lipinski definition) is 3. The molecule has 0 fully saturated rings. The van der Waals surface area contributed by atoms with Gasteiger partial charge >= 0.3 is 0 Å². The van der Waals surface area contributed by atoms with Crippen LogP contribution >= 0.6 is 23.2 Å². The minimum atomic E-state index is 0.162. The van der Waals surface area contributed by atoms with Gasteiger partial charge in [-0.15, -0.1) is 0 Å². The summed E-state index contributed by atoms with van der Waals surface area (Å²) in [6.45, 7) is 2.01. The van der Waals surface area contributed by atoms with Crippen LogP contribution in [-0.2, 0) is 13.1 Å². The van der Waals surface area contributed by atoms with Gasteiger partial charge in [0.25, 0.3) is 0 Å². The first-order valence-corrected chi connectivity index (χ1v) is 6.89. The second-order valence-electron chi connectivity index (χ2n) is 4.66. The molecule has 0 saturated heterocycles. The van der Waals surface area contributed by atoms with Crippen molar-refractivity contribution in [1.29, 1.82) is 0 Å². The molecular weight excluding hydrogens is 283 g/mol. The van der Waals surface area contributed by atoms with Crippen molar-refractivity contribution in [3.8, 4) is 0 Å².